The van der Waals surface area contributed by atoms with Crippen molar-refractivity contribution in [2.45, 2.75) is 45.1 Å². The molecule has 1 saturated heterocycles. The smallest absolute Gasteiger partial charge is 0.191 e. The molecule has 6 heteroatoms. The summed E-state index contributed by atoms with van der Waals surface area (Å²) >= 11 is 0. The van der Waals surface area contributed by atoms with Crippen molar-refractivity contribution in [3.05, 3.63) is 29.8 Å². The second-order valence-corrected chi connectivity index (χ2v) is 6.24. The second kappa shape index (κ2) is 12.4. The molecule has 2 atom stereocenters. The van der Waals surface area contributed by atoms with Crippen LogP contribution in [0, 0.1) is 0 Å². The van der Waals surface area contributed by atoms with Crippen molar-refractivity contribution in [3.8, 4) is 5.75 Å². The van der Waals surface area contributed by atoms with Crippen molar-refractivity contribution in [2.24, 2.45) is 4.99 Å². The van der Waals surface area contributed by atoms with Crippen molar-refractivity contribution in [3.63, 3.8) is 0 Å². The van der Waals surface area contributed by atoms with E-state index >= 15 is 0 Å². The van der Waals surface area contributed by atoms with Gasteiger partial charge in [0.2, 0.25) is 0 Å². The third-order valence-electron chi connectivity index (χ3n) is 4.38. The fraction of sp³-hybridized carbons (Fsp3) is 0.632. The molecule has 0 amide bonds. The lowest BCUT2D eigenvalue weighted by Gasteiger charge is -2.16. The summed E-state index contributed by atoms with van der Waals surface area (Å²) in [4.78, 5) is 4.64. The number of aliphatic imine (C=N–C) groups is 1. The summed E-state index contributed by atoms with van der Waals surface area (Å²) in [6.45, 7) is 7.71. The number of nitrogens with one attached hydrogen (secondary N) is 2. The minimum Gasteiger partial charge on any atom is -0.497 e. The molecule has 2 unspecified atom stereocenters. The second-order valence-electron chi connectivity index (χ2n) is 6.24. The topological polar surface area (TPSA) is 54.9 Å². The molecule has 0 aliphatic carbocycles. The van der Waals surface area contributed by atoms with E-state index in [0.29, 0.717) is 12.0 Å². The highest BCUT2D eigenvalue weighted by Gasteiger charge is 2.15. The zero-order valence-corrected chi connectivity index (χ0v) is 17.9. The predicted molar refractivity (Wildman–Crippen MR) is 114 cm³/mol. The maximum atomic E-state index is 5.63. The number of nitrogens with zero attached hydrogens (tertiary/aromatic N) is 1. The quantitative estimate of drug-likeness (QED) is 0.353. The van der Waals surface area contributed by atoms with Crippen LogP contribution in [-0.4, -0.2) is 45.4 Å². The Balaban J connectivity index is 0.00000312. The van der Waals surface area contributed by atoms with Gasteiger partial charge in [0.25, 0.3) is 0 Å². The van der Waals surface area contributed by atoms with Gasteiger partial charge in [-0.05, 0) is 49.8 Å². The van der Waals surface area contributed by atoms with E-state index < -0.39 is 0 Å². The average molecular weight is 461 g/mol. The van der Waals surface area contributed by atoms with Gasteiger partial charge in [-0.2, -0.15) is 0 Å². The van der Waals surface area contributed by atoms with E-state index in [1.807, 2.05) is 12.1 Å². The molecular formula is C19H32IN3O2. The van der Waals surface area contributed by atoms with E-state index in [1.165, 1.54) is 5.56 Å². The van der Waals surface area contributed by atoms with Crippen LogP contribution in [0.25, 0.3) is 0 Å². The van der Waals surface area contributed by atoms with E-state index in [2.05, 4.69) is 41.6 Å². The summed E-state index contributed by atoms with van der Waals surface area (Å²) in [7, 11) is 1.70. The van der Waals surface area contributed by atoms with Gasteiger partial charge in [-0.3, -0.25) is 4.99 Å². The van der Waals surface area contributed by atoms with E-state index in [0.717, 1.165) is 57.2 Å². The number of halogens is 1. The van der Waals surface area contributed by atoms with Crippen LogP contribution in [0.3, 0.4) is 0 Å². The maximum Gasteiger partial charge on any atom is 0.191 e. The van der Waals surface area contributed by atoms with Crippen LogP contribution in [0.1, 0.15) is 44.6 Å². The summed E-state index contributed by atoms with van der Waals surface area (Å²) in [5, 5.41) is 6.73. The number of methoxy groups -OCH3 is 1. The fourth-order valence-electron chi connectivity index (χ4n) is 2.83. The van der Waals surface area contributed by atoms with E-state index in [9.17, 15) is 0 Å². The summed E-state index contributed by atoms with van der Waals surface area (Å²) in [6.07, 6.45) is 3.62. The molecule has 1 aliphatic rings. The Bertz CT molecular complexity index is 502. The van der Waals surface area contributed by atoms with Crippen LogP contribution in [0.5, 0.6) is 5.75 Å². The Morgan fingerprint density at radius 1 is 1.32 bits per heavy atom. The molecule has 1 fully saturated rings. The van der Waals surface area contributed by atoms with E-state index in [4.69, 9.17) is 9.47 Å². The lowest BCUT2D eigenvalue weighted by molar-refractivity contribution is 0.117. The Labute approximate surface area is 169 Å². The first kappa shape index (κ1) is 22.0. The first-order chi connectivity index (χ1) is 11.7. The van der Waals surface area contributed by atoms with Crippen LogP contribution in [-0.2, 0) is 4.74 Å². The molecule has 1 heterocycles. The largest absolute Gasteiger partial charge is 0.497 e. The molecule has 1 aromatic carbocycles. The Hall–Kier alpha value is -1.02. The fourth-order valence-corrected chi connectivity index (χ4v) is 2.83. The highest BCUT2D eigenvalue weighted by molar-refractivity contribution is 14.0. The van der Waals surface area contributed by atoms with E-state index in [-0.39, 0.29) is 24.0 Å². The minimum atomic E-state index is 0. The van der Waals surface area contributed by atoms with Gasteiger partial charge in [-0.1, -0.05) is 19.1 Å². The number of ether oxygens (including phenoxy) is 2. The predicted octanol–water partition coefficient (Wildman–Crippen LogP) is 3.54. The molecular weight excluding hydrogens is 429 g/mol. The molecule has 0 saturated carbocycles. The van der Waals surface area contributed by atoms with Gasteiger partial charge in [-0.15, -0.1) is 24.0 Å². The van der Waals surface area contributed by atoms with Gasteiger partial charge in [0.1, 0.15) is 5.75 Å². The molecule has 25 heavy (non-hydrogen) atoms. The SMILES string of the molecule is CCNC(=NCC1CCCO1)NCCC(C)c1ccc(OC)cc1.I. The monoisotopic (exact) mass is 461 g/mol. The molecule has 0 aromatic heterocycles. The molecule has 142 valence electrons. The molecule has 1 aromatic rings. The molecule has 1 aliphatic heterocycles. The lowest BCUT2D eigenvalue weighted by atomic mass is 9.98. The molecule has 2 N–H and O–H groups in total. The van der Waals surface area contributed by atoms with Crippen molar-refractivity contribution in [1.29, 1.82) is 0 Å². The first-order valence-corrected chi connectivity index (χ1v) is 9.00. The van der Waals surface area contributed by atoms with Gasteiger partial charge >= 0.3 is 0 Å². The Morgan fingerprint density at radius 3 is 2.68 bits per heavy atom. The lowest BCUT2D eigenvalue weighted by Crippen LogP contribution is -2.38. The Morgan fingerprint density at radius 2 is 2.08 bits per heavy atom. The van der Waals surface area contributed by atoms with Crippen LogP contribution in [0.2, 0.25) is 0 Å². The molecule has 0 bridgehead atoms. The highest BCUT2D eigenvalue weighted by Crippen LogP contribution is 2.21. The van der Waals surface area contributed by atoms with Gasteiger partial charge in [0.15, 0.2) is 5.96 Å². The summed E-state index contributed by atoms with van der Waals surface area (Å²) in [5.41, 5.74) is 1.33. The summed E-state index contributed by atoms with van der Waals surface area (Å²) < 4.78 is 10.8. The van der Waals surface area contributed by atoms with Gasteiger partial charge in [-0.25, -0.2) is 0 Å². The van der Waals surface area contributed by atoms with Crippen molar-refractivity contribution in [1.82, 2.24) is 10.6 Å². The van der Waals surface area contributed by atoms with Gasteiger partial charge < -0.3 is 20.1 Å². The van der Waals surface area contributed by atoms with Crippen LogP contribution in [0.4, 0.5) is 0 Å². The van der Waals surface area contributed by atoms with Crippen molar-refractivity contribution in [2.75, 3.05) is 33.4 Å². The number of guanidine groups is 1. The molecule has 0 spiro atoms. The normalized spacial score (nSPS) is 18.4. The number of hydrogen-bond donors (Lipinski definition) is 2. The molecule has 5 nitrogen and oxygen atoms in total. The summed E-state index contributed by atoms with van der Waals surface area (Å²) in [5.74, 6) is 2.28. The first-order valence-electron chi connectivity index (χ1n) is 9.00. The van der Waals surface area contributed by atoms with Crippen LogP contribution in [0.15, 0.2) is 29.3 Å². The zero-order chi connectivity index (χ0) is 17.2. The number of hydrogen-bond acceptors (Lipinski definition) is 3. The van der Waals surface area contributed by atoms with Crippen molar-refractivity contribution < 1.29 is 9.47 Å². The van der Waals surface area contributed by atoms with Gasteiger partial charge in [0.05, 0.1) is 19.8 Å². The number of benzene rings is 1. The zero-order valence-electron chi connectivity index (χ0n) is 15.6. The van der Waals surface area contributed by atoms with E-state index in [1.54, 1.807) is 7.11 Å². The van der Waals surface area contributed by atoms with Gasteiger partial charge in [0, 0.05) is 19.7 Å². The summed E-state index contributed by atoms with van der Waals surface area (Å²) in [6, 6.07) is 8.32. The maximum absolute atomic E-state index is 5.63. The highest BCUT2D eigenvalue weighted by atomic mass is 127. The van der Waals surface area contributed by atoms with Crippen LogP contribution >= 0.6 is 24.0 Å². The molecule has 2 rings (SSSR count). The van der Waals surface area contributed by atoms with Crippen molar-refractivity contribution >= 4 is 29.9 Å². The number of rotatable bonds is 8. The average Bonchev–Trinajstić information content (AvgIpc) is 3.13. The Kier molecular flexibility index (Phi) is 10.9. The minimum absolute atomic E-state index is 0. The van der Waals surface area contributed by atoms with Crippen LogP contribution < -0.4 is 15.4 Å². The third-order valence-corrected chi connectivity index (χ3v) is 4.38. The standard InChI is InChI=1S/C19H31N3O2.HI/c1-4-20-19(22-14-18-6-5-13-24-18)21-12-11-15(2)16-7-9-17(23-3)10-8-16;/h7-10,15,18H,4-6,11-14H2,1-3H3,(H2,20,21,22);1H. The molecule has 0 radical (unpaired) electrons. The third kappa shape index (κ3) is 7.81.